The van der Waals surface area contributed by atoms with E-state index in [-0.39, 0.29) is 0 Å². The average Bonchev–Trinajstić information content (AvgIpc) is 2.93. The van der Waals surface area contributed by atoms with Crippen molar-refractivity contribution in [1.82, 2.24) is 5.32 Å². The van der Waals surface area contributed by atoms with Crippen LogP contribution < -0.4 is 14.8 Å². The minimum atomic E-state index is 0.300. The summed E-state index contributed by atoms with van der Waals surface area (Å²) >= 11 is 0. The van der Waals surface area contributed by atoms with Crippen LogP contribution in [0.15, 0.2) is 16.5 Å². The van der Waals surface area contributed by atoms with Gasteiger partial charge in [0.2, 0.25) is 6.79 Å². The Morgan fingerprint density at radius 1 is 1.22 bits per heavy atom. The summed E-state index contributed by atoms with van der Waals surface area (Å²) in [4.78, 5) is 0. The van der Waals surface area contributed by atoms with Crippen molar-refractivity contribution in [1.29, 1.82) is 0 Å². The van der Waals surface area contributed by atoms with E-state index >= 15 is 0 Å². The standard InChI is InChI=1S/C14H17NO3/c1-3-4-9-10-5-12-13(17-8-16-12)6-11(10)18-14(9)7-15-2/h5-6,15H,3-4,7-8H2,1-2H3. The first-order chi connectivity index (χ1) is 8.83. The number of ether oxygens (including phenoxy) is 2. The van der Waals surface area contributed by atoms with E-state index in [0.717, 1.165) is 47.6 Å². The van der Waals surface area contributed by atoms with Crippen LogP contribution in [0.1, 0.15) is 24.7 Å². The summed E-state index contributed by atoms with van der Waals surface area (Å²) in [7, 11) is 1.93. The second-order valence-corrected chi connectivity index (χ2v) is 4.49. The van der Waals surface area contributed by atoms with Crippen molar-refractivity contribution in [2.75, 3.05) is 13.8 Å². The highest BCUT2D eigenvalue weighted by Gasteiger charge is 2.20. The topological polar surface area (TPSA) is 43.6 Å². The maximum absolute atomic E-state index is 5.92. The predicted octanol–water partition coefficient (Wildman–Crippen LogP) is 2.83. The quantitative estimate of drug-likeness (QED) is 0.902. The van der Waals surface area contributed by atoms with Crippen LogP contribution in [-0.4, -0.2) is 13.8 Å². The molecule has 0 saturated heterocycles. The molecule has 0 saturated carbocycles. The highest BCUT2D eigenvalue weighted by Crippen LogP contribution is 2.39. The molecule has 1 N–H and O–H groups in total. The van der Waals surface area contributed by atoms with Crippen LogP contribution in [0.3, 0.4) is 0 Å². The Balaban J connectivity index is 2.16. The number of aryl methyl sites for hydroxylation is 1. The summed E-state index contributed by atoms with van der Waals surface area (Å²) in [6.45, 7) is 3.22. The molecule has 0 fully saturated rings. The number of nitrogens with one attached hydrogen (secondary N) is 1. The molecule has 1 aliphatic heterocycles. The van der Waals surface area contributed by atoms with Crippen LogP contribution in [0, 0.1) is 0 Å². The molecule has 2 aromatic rings. The number of hydrogen-bond donors (Lipinski definition) is 1. The summed E-state index contributed by atoms with van der Waals surface area (Å²) < 4.78 is 16.7. The normalized spacial score (nSPS) is 13.4. The Hall–Kier alpha value is -1.68. The monoisotopic (exact) mass is 247 g/mol. The molecular formula is C14H17NO3. The van der Waals surface area contributed by atoms with Gasteiger partial charge in [-0.1, -0.05) is 13.3 Å². The van der Waals surface area contributed by atoms with E-state index < -0.39 is 0 Å². The smallest absolute Gasteiger partial charge is 0.231 e. The van der Waals surface area contributed by atoms with Crippen LogP contribution in [-0.2, 0) is 13.0 Å². The predicted molar refractivity (Wildman–Crippen MR) is 69.1 cm³/mol. The Bertz CT molecular complexity index is 574. The second kappa shape index (κ2) is 4.53. The van der Waals surface area contributed by atoms with E-state index in [1.807, 2.05) is 19.2 Å². The summed E-state index contributed by atoms with van der Waals surface area (Å²) in [5.74, 6) is 2.60. The second-order valence-electron chi connectivity index (χ2n) is 4.49. The van der Waals surface area contributed by atoms with E-state index in [2.05, 4.69) is 12.2 Å². The number of fused-ring (bicyclic) bond motifs is 2. The molecule has 0 amide bonds. The first-order valence-electron chi connectivity index (χ1n) is 6.32. The summed E-state index contributed by atoms with van der Waals surface area (Å²) in [6.07, 6.45) is 2.11. The average molecular weight is 247 g/mol. The van der Waals surface area contributed by atoms with E-state index in [1.54, 1.807) is 0 Å². The fourth-order valence-corrected chi connectivity index (χ4v) is 2.42. The van der Waals surface area contributed by atoms with Crippen molar-refractivity contribution in [3.05, 3.63) is 23.5 Å². The van der Waals surface area contributed by atoms with E-state index in [9.17, 15) is 0 Å². The van der Waals surface area contributed by atoms with Crippen molar-refractivity contribution < 1.29 is 13.9 Å². The third kappa shape index (κ3) is 1.73. The van der Waals surface area contributed by atoms with E-state index in [4.69, 9.17) is 13.9 Å². The molecule has 0 unspecified atom stereocenters. The van der Waals surface area contributed by atoms with Crippen LogP contribution >= 0.6 is 0 Å². The molecule has 0 radical (unpaired) electrons. The van der Waals surface area contributed by atoms with Crippen LogP contribution in [0.4, 0.5) is 0 Å². The molecule has 0 spiro atoms. The Morgan fingerprint density at radius 2 is 2.00 bits per heavy atom. The van der Waals surface area contributed by atoms with Crippen LogP contribution in [0.5, 0.6) is 11.5 Å². The molecule has 18 heavy (non-hydrogen) atoms. The van der Waals surface area contributed by atoms with Gasteiger partial charge in [-0.05, 0) is 19.5 Å². The van der Waals surface area contributed by atoms with Gasteiger partial charge in [0.05, 0.1) is 6.54 Å². The minimum Gasteiger partial charge on any atom is -0.459 e. The summed E-state index contributed by atoms with van der Waals surface area (Å²) in [6, 6.07) is 3.96. The lowest BCUT2D eigenvalue weighted by Crippen LogP contribution is -2.05. The van der Waals surface area contributed by atoms with Gasteiger partial charge < -0.3 is 19.2 Å². The first-order valence-corrected chi connectivity index (χ1v) is 6.32. The van der Waals surface area contributed by atoms with E-state index in [1.165, 1.54) is 5.56 Å². The minimum absolute atomic E-state index is 0.300. The maximum Gasteiger partial charge on any atom is 0.231 e. The summed E-state index contributed by atoms with van der Waals surface area (Å²) in [5.41, 5.74) is 2.16. The molecule has 0 bridgehead atoms. The number of hydrogen-bond acceptors (Lipinski definition) is 4. The van der Waals surface area contributed by atoms with Gasteiger partial charge in [0.25, 0.3) is 0 Å². The molecule has 4 nitrogen and oxygen atoms in total. The molecule has 0 atom stereocenters. The highest BCUT2D eigenvalue weighted by atomic mass is 16.7. The number of rotatable bonds is 4. The van der Waals surface area contributed by atoms with Gasteiger partial charge in [-0.3, -0.25) is 0 Å². The molecule has 96 valence electrons. The van der Waals surface area contributed by atoms with Crippen molar-refractivity contribution in [3.8, 4) is 11.5 Å². The van der Waals surface area contributed by atoms with Crippen molar-refractivity contribution in [2.45, 2.75) is 26.3 Å². The van der Waals surface area contributed by atoms with E-state index in [0.29, 0.717) is 6.79 Å². The summed E-state index contributed by atoms with van der Waals surface area (Å²) in [5, 5.41) is 4.29. The lowest BCUT2D eigenvalue weighted by Gasteiger charge is -2.00. The number of furan rings is 1. The van der Waals surface area contributed by atoms with Gasteiger partial charge in [-0.25, -0.2) is 0 Å². The molecule has 4 heteroatoms. The van der Waals surface area contributed by atoms with Crippen molar-refractivity contribution in [2.24, 2.45) is 0 Å². The molecule has 2 heterocycles. The molecule has 3 rings (SSSR count). The zero-order valence-corrected chi connectivity index (χ0v) is 10.7. The third-order valence-corrected chi connectivity index (χ3v) is 3.21. The highest BCUT2D eigenvalue weighted by molar-refractivity contribution is 5.86. The Labute approximate surface area is 106 Å². The fourth-order valence-electron chi connectivity index (χ4n) is 2.42. The number of benzene rings is 1. The van der Waals surface area contributed by atoms with Gasteiger partial charge in [0, 0.05) is 17.0 Å². The maximum atomic E-state index is 5.92. The van der Waals surface area contributed by atoms with Crippen molar-refractivity contribution in [3.63, 3.8) is 0 Å². The first kappa shape index (κ1) is 11.4. The fraction of sp³-hybridized carbons (Fsp3) is 0.429. The van der Waals surface area contributed by atoms with Crippen LogP contribution in [0.2, 0.25) is 0 Å². The lowest BCUT2D eigenvalue weighted by molar-refractivity contribution is 0.174. The van der Waals surface area contributed by atoms with Gasteiger partial charge in [0.1, 0.15) is 11.3 Å². The van der Waals surface area contributed by atoms with Gasteiger partial charge in [-0.2, -0.15) is 0 Å². The third-order valence-electron chi connectivity index (χ3n) is 3.21. The SMILES string of the molecule is CCCc1c(CNC)oc2cc3c(cc12)OCO3. The van der Waals surface area contributed by atoms with Gasteiger partial charge >= 0.3 is 0 Å². The lowest BCUT2D eigenvalue weighted by atomic mass is 10.1. The zero-order valence-electron chi connectivity index (χ0n) is 10.7. The largest absolute Gasteiger partial charge is 0.459 e. The molecule has 1 aromatic carbocycles. The molecule has 1 aliphatic rings. The zero-order chi connectivity index (χ0) is 12.5. The van der Waals surface area contributed by atoms with Crippen molar-refractivity contribution >= 4 is 11.0 Å². The molecule has 0 aliphatic carbocycles. The van der Waals surface area contributed by atoms with Gasteiger partial charge in [0.15, 0.2) is 11.5 Å². The molecular weight excluding hydrogens is 230 g/mol. The molecule has 1 aromatic heterocycles. The van der Waals surface area contributed by atoms with Gasteiger partial charge in [-0.15, -0.1) is 0 Å². The Kier molecular flexibility index (Phi) is 2.88. The van der Waals surface area contributed by atoms with Crippen LogP contribution in [0.25, 0.3) is 11.0 Å². The Morgan fingerprint density at radius 3 is 2.72 bits per heavy atom.